The number of allylic oxidation sites excluding steroid dienone is 4. The van der Waals surface area contributed by atoms with Crippen molar-refractivity contribution < 1.29 is 36.7 Å². The van der Waals surface area contributed by atoms with Gasteiger partial charge in [0.05, 0.1) is 0 Å². The van der Waals surface area contributed by atoms with Crippen LogP contribution in [0.3, 0.4) is 0 Å². The fraction of sp³-hybridized carbons (Fsp3) is 0.706. The maximum absolute atomic E-state index is 9.75. The van der Waals surface area contributed by atoms with E-state index in [0.717, 1.165) is 46.3 Å². The van der Waals surface area contributed by atoms with E-state index in [1.54, 1.807) is 0 Å². The normalized spacial score (nSPS) is 26.7. The van der Waals surface area contributed by atoms with E-state index in [2.05, 4.69) is 104 Å². The first-order valence-corrected chi connectivity index (χ1v) is 19.0. The smallest absolute Gasteiger partial charge is 0.418 e. The van der Waals surface area contributed by atoms with Crippen LogP contribution >= 0.6 is 15.8 Å². The summed E-state index contributed by atoms with van der Waals surface area (Å²) >= 11 is 0. The molecule has 1 aliphatic carbocycles. The van der Waals surface area contributed by atoms with Crippen LogP contribution in [0, 0.1) is 23.7 Å². The van der Waals surface area contributed by atoms with Crippen LogP contribution in [-0.4, -0.2) is 29.9 Å². The minimum absolute atomic E-state index is 0. The van der Waals surface area contributed by atoms with E-state index < -0.39 is 7.25 Å². The molecule has 1 aromatic rings. The first kappa shape index (κ1) is 40.0. The van der Waals surface area contributed by atoms with Gasteiger partial charge in [0.25, 0.3) is 0 Å². The van der Waals surface area contributed by atoms with E-state index in [9.17, 15) is 17.3 Å². The summed E-state index contributed by atoms with van der Waals surface area (Å²) in [5, 5.41) is 3.66. The Balaban J connectivity index is 0.000000522. The van der Waals surface area contributed by atoms with Crippen LogP contribution in [0.15, 0.2) is 48.6 Å². The Morgan fingerprint density at radius 1 is 0.524 bits per heavy atom. The maximum Gasteiger partial charge on any atom is 0.673 e. The number of halogens is 4. The van der Waals surface area contributed by atoms with Crippen LogP contribution in [0.4, 0.5) is 17.3 Å². The van der Waals surface area contributed by atoms with Gasteiger partial charge in [-0.15, -0.1) is 0 Å². The third-order valence-electron chi connectivity index (χ3n) is 8.80. The van der Waals surface area contributed by atoms with E-state index in [0.29, 0.717) is 0 Å². The summed E-state index contributed by atoms with van der Waals surface area (Å²) in [6.45, 7) is 19.9. The van der Waals surface area contributed by atoms with Crippen molar-refractivity contribution >= 4 is 33.7 Å². The Morgan fingerprint density at radius 3 is 0.929 bits per heavy atom. The molecule has 42 heavy (non-hydrogen) atoms. The Bertz CT molecular complexity index is 829. The average Bonchev–Trinajstić information content (AvgIpc) is 3.48. The van der Waals surface area contributed by atoms with Gasteiger partial charge in [-0.25, -0.2) is 0 Å². The standard InChI is InChI=1S/C26H44P2.C8H12.BF4.Rh/c1-17(2)21-13-14-22(18(3)4)27(21)25-11-9-10-12-26(25)28-23(19(5)6)15-16-24(28)20(7)8;1-2-4-6-8-7-5-3-1;2-1(3,4)5;/h9-12,17-24H,13-16H2,1-8H3;1-2,7-8H,3-6H2;;/q;;-1;/b;2-1-,8-7-;;/t21-,22-,23-,24-;;;/m0.../s1. The molecule has 4 atom stereocenters. The molecule has 4 rings (SSSR count). The molecule has 3 aliphatic rings. The number of benzene rings is 1. The van der Waals surface area contributed by atoms with Gasteiger partial charge < -0.3 is 17.3 Å². The van der Waals surface area contributed by atoms with Crippen molar-refractivity contribution in [1.82, 2.24) is 0 Å². The second-order valence-corrected chi connectivity index (χ2v) is 18.5. The van der Waals surface area contributed by atoms with Gasteiger partial charge in [-0.05, 0) is 108 Å². The van der Waals surface area contributed by atoms with E-state index in [1.165, 1.54) is 51.4 Å². The molecule has 1 aromatic carbocycles. The van der Waals surface area contributed by atoms with Gasteiger partial charge in [-0.3, -0.25) is 0 Å². The molecule has 0 nitrogen and oxygen atoms in total. The van der Waals surface area contributed by atoms with E-state index in [1.807, 2.05) is 10.6 Å². The molecule has 0 N–H and O–H groups in total. The quantitative estimate of drug-likeness (QED) is 0.119. The van der Waals surface area contributed by atoms with Gasteiger partial charge in [0, 0.05) is 19.5 Å². The van der Waals surface area contributed by atoms with Crippen LogP contribution in [-0.2, 0) is 19.5 Å². The number of rotatable bonds is 6. The Morgan fingerprint density at radius 2 is 0.738 bits per heavy atom. The molecular weight excluding hydrogens is 660 g/mol. The van der Waals surface area contributed by atoms with Gasteiger partial charge in [0.1, 0.15) is 0 Å². The first-order valence-electron chi connectivity index (χ1n) is 16.1. The van der Waals surface area contributed by atoms with Gasteiger partial charge in [-0.1, -0.05) is 120 Å². The SMILES string of the molecule is C1=C\CC/C=C\CC/1.CC(C)[C@@H]1CC[C@@H](C(C)C)P1c1ccccc1P1[C@H](C(C)C)CC[C@H]1C(C)C.F[B-](F)(F)F.[Rh]. The van der Waals surface area contributed by atoms with Crippen molar-refractivity contribution in [2.24, 2.45) is 23.7 Å². The summed E-state index contributed by atoms with van der Waals surface area (Å²) in [6, 6.07) is 9.86. The van der Waals surface area contributed by atoms with Crippen LogP contribution in [0.2, 0.25) is 0 Å². The summed E-state index contributed by atoms with van der Waals surface area (Å²) in [7, 11) is -6.09. The number of hydrogen-bond acceptors (Lipinski definition) is 0. The van der Waals surface area contributed by atoms with Crippen LogP contribution in [0.25, 0.3) is 0 Å². The van der Waals surface area contributed by atoms with Crippen molar-refractivity contribution in [2.45, 2.75) is 129 Å². The molecule has 243 valence electrons. The zero-order valence-corrected chi connectivity index (χ0v) is 30.6. The second kappa shape index (κ2) is 19.5. The van der Waals surface area contributed by atoms with Crippen LogP contribution < -0.4 is 10.6 Å². The molecule has 1 radical (unpaired) electrons. The monoisotopic (exact) mass is 716 g/mol. The van der Waals surface area contributed by atoms with Crippen molar-refractivity contribution in [3.8, 4) is 0 Å². The summed E-state index contributed by atoms with van der Waals surface area (Å²) in [6.07, 6.45) is 19.8. The molecule has 2 saturated heterocycles. The minimum atomic E-state index is -6.00. The molecule has 0 aromatic heterocycles. The minimum Gasteiger partial charge on any atom is -0.418 e. The predicted octanol–water partition coefficient (Wildman–Crippen LogP) is 11.6. The van der Waals surface area contributed by atoms with Gasteiger partial charge >= 0.3 is 7.25 Å². The van der Waals surface area contributed by atoms with Crippen molar-refractivity contribution in [1.29, 1.82) is 0 Å². The Labute approximate surface area is 271 Å². The van der Waals surface area contributed by atoms with Gasteiger partial charge in [0.15, 0.2) is 0 Å². The Kier molecular flexibility index (Phi) is 18.5. The molecule has 0 bridgehead atoms. The summed E-state index contributed by atoms with van der Waals surface area (Å²) in [5.41, 5.74) is 3.71. The summed E-state index contributed by atoms with van der Waals surface area (Å²) < 4.78 is 39.0. The summed E-state index contributed by atoms with van der Waals surface area (Å²) in [4.78, 5) is 0. The summed E-state index contributed by atoms with van der Waals surface area (Å²) in [5.74, 6) is 3.28. The zero-order chi connectivity index (χ0) is 30.7. The van der Waals surface area contributed by atoms with Crippen LogP contribution in [0.5, 0.6) is 0 Å². The van der Waals surface area contributed by atoms with E-state index in [4.69, 9.17) is 0 Å². The fourth-order valence-electron chi connectivity index (χ4n) is 6.82. The zero-order valence-electron chi connectivity index (χ0n) is 27.2. The average molecular weight is 716 g/mol. The molecule has 2 aliphatic heterocycles. The first-order chi connectivity index (χ1) is 19.2. The topological polar surface area (TPSA) is 0 Å². The second-order valence-electron chi connectivity index (χ2n) is 13.3. The van der Waals surface area contributed by atoms with Crippen molar-refractivity contribution in [3.05, 3.63) is 48.6 Å². The Hall–Kier alpha value is -0.0317. The maximum atomic E-state index is 9.75. The predicted molar refractivity (Wildman–Crippen MR) is 179 cm³/mol. The molecule has 2 fully saturated rings. The molecule has 0 saturated carbocycles. The van der Waals surface area contributed by atoms with Crippen molar-refractivity contribution in [2.75, 3.05) is 0 Å². The molecule has 8 heteroatoms. The molecule has 2 heterocycles. The molecule has 0 amide bonds. The fourth-order valence-corrected chi connectivity index (χ4v) is 15.4. The molecule has 0 spiro atoms. The molecule has 0 unspecified atom stereocenters. The van der Waals surface area contributed by atoms with Crippen LogP contribution in [0.1, 0.15) is 107 Å². The van der Waals surface area contributed by atoms with E-state index >= 15 is 0 Å². The van der Waals surface area contributed by atoms with Crippen molar-refractivity contribution in [3.63, 3.8) is 0 Å². The van der Waals surface area contributed by atoms with Gasteiger partial charge in [0.2, 0.25) is 0 Å². The van der Waals surface area contributed by atoms with E-state index in [-0.39, 0.29) is 35.3 Å². The third-order valence-corrected chi connectivity index (χ3v) is 17.1. The third kappa shape index (κ3) is 12.8. The molecular formula is C34H56BF4P2Rh-. The van der Waals surface area contributed by atoms with Gasteiger partial charge in [-0.2, -0.15) is 0 Å². The largest absolute Gasteiger partial charge is 0.673 e. The number of hydrogen-bond donors (Lipinski definition) is 0.